The van der Waals surface area contributed by atoms with Gasteiger partial charge in [-0.15, -0.1) is 0 Å². The third kappa shape index (κ3) is 3.66. The molecule has 6 nitrogen and oxygen atoms in total. The molecule has 1 fully saturated rings. The number of aromatic nitrogens is 1. The zero-order valence-corrected chi connectivity index (χ0v) is 15.1. The first kappa shape index (κ1) is 18.6. The average Bonchev–Trinajstić information content (AvgIpc) is 2.51. The fraction of sp³-hybridized carbons (Fsp3) is 0.647. The molecule has 0 N–H and O–H groups in total. The Hall–Kier alpha value is -2.19. The predicted molar refractivity (Wildman–Crippen MR) is 88.3 cm³/mol. The Morgan fingerprint density at radius 1 is 1.31 bits per heavy atom. The van der Waals surface area contributed by atoms with Crippen molar-refractivity contribution in [3.8, 4) is 5.75 Å². The van der Waals surface area contributed by atoms with E-state index in [1.165, 1.54) is 0 Å². The molecule has 2 atom stereocenters. The van der Waals surface area contributed by atoms with Crippen molar-refractivity contribution in [3.63, 3.8) is 0 Å². The van der Waals surface area contributed by atoms with E-state index in [-0.39, 0.29) is 24.4 Å². The first-order chi connectivity index (χ1) is 12.0. The van der Waals surface area contributed by atoms with Crippen molar-refractivity contribution in [2.45, 2.75) is 51.6 Å². The summed E-state index contributed by atoms with van der Waals surface area (Å²) < 4.78 is 49.5. The first-order valence-corrected chi connectivity index (χ1v) is 8.42. The van der Waals surface area contributed by atoms with Crippen molar-refractivity contribution in [1.29, 1.82) is 0 Å². The molecule has 0 spiro atoms. The summed E-state index contributed by atoms with van der Waals surface area (Å²) in [7, 11) is 0. The Kier molecular flexibility index (Phi) is 4.44. The van der Waals surface area contributed by atoms with E-state index in [0.717, 1.165) is 12.3 Å². The normalized spacial score (nSPS) is 23.0. The molecule has 1 aromatic rings. The summed E-state index contributed by atoms with van der Waals surface area (Å²) in [6, 6.07) is 0.621. The maximum Gasteiger partial charge on any atom is 0.418 e. The van der Waals surface area contributed by atoms with Crippen LogP contribution in [0.25, 0.3) is 0 Å². The van der Waals surface area contributed by atoms with Crippen molar-refractivity contribution >= 4 is 11.9 Å². The van der Waals surface area contributed by atoms with Gasteiger partial charge in [0.1, 0.15) is 12.2 Å². The molecule has 9 heteroatoms. The second-order valence-corrected chi connectivity index (χ2v) is 7.64. The first-order valence-electron chi connectivity index (χ1n) is 8.42. The van der Waals surface area contributed by atoms with Crippen molar-refractivity contribution in [2.75, 3.05) is 24.6 Å². The molecule has 0 aliphatic carbocycles. The second-order valence-electron chi connectivity index (χ2n) is 7.64. The van der Waals surface area contributed by atoms with Gasteiger partial charge in [0, 0.05) is 25.3 Å². The minimum Gasteiger partial charge on any atom is -0.487 e. The number of alkyl halides is 3. The molecule has 144 valence electrons. The van der Waals surface area contributed by atoms with Gasteiger partial charge in [0.25, 0.3) is 0 Å². The molecular weight excluding hydrogens is 351 g/mol. The number of ether oxygens (including phenoxy) is 2. The van der Waals surface area contributed by atoms with Crippen LogP contribution in [0.2, 0.25) is 0 Å². The van der Waals surface area contributed by atoms with Gasteiger partial charge in [0.2, 0.25) is 0 Å². The van der Waals surface area contributed by atoms with Gasteiger partial charge in [0.05, 0.1) is 11.6 Å². The van der Waals surface area contributed by atoms with Crippen LogP contribution in [0.4, 0.5) is 23.8 Å². The smallest absolute Gasteiger partial charge is 0.418 e. The standard InChI is InChI=1S/C17H22F3N3O3/c1-10-7-23-12(8-22(10)15(24)26-16(2,3)4)9-25-13-5-11(17(18,19)20)6-21-14(13)23/h5-6,10,12H,7-9H2,1-4H3/t10-,12-/m1/s1. The average molecular weight is 373 g/mol. The Labute approximate surface area is 149 Å². The minimum absolute atomic E-state index is 0.119. The van der Waals surface area contributed by atoms with Gasteiger partial charge in [-0.3, -0.25) is 0 Å². The summed E-state index contributed by atoms with van der Waals surface area (Å²) in [5, 5.41) is 0. The minimum atomic E-state index is -4.47. The molecule has 2 aliphatic heterocycles. The molecular formula is C17H22F3N3O3. The maximum atomic E-state index is 12.9. The fourth-order valence-electron chi connectivity index (χ4n) is 3.12. The van der Waals surface area contributed by atoms with Gasteiger partial charge in [-0.25, -0.2) is 9.78 Å². The summed E-state index contributed by atoms with van der Waals surface area (Å²) in [4.78, 5) is 19.9. The van der Waals surface area contributed by atoms with Gasteiger partial charge >= 0.3 is 12.3 Å². The number of anilines is 1. The summed E-state index contributed by atoms with van der Waals surface area (Å²) in [6.07, 6.45) is -4.06. The Bertz CT molecular complexity index is 703. The quantitative estimate of drug-likeness (QED) is 0.698. The van der Waals surface area contributed by atoms with Crippen LogP contribution in [0.5, 0.6) is 5.75 Å². The highest BCUT2D eigenvalue weighted by Crippen LogP contribution is 2.39. The molecule has 1 amide bonds. The van der Waals surface area contributed by atoms with E-state index in [4.69, 9.17) is 9.47 Å². The predicted octanol–water partition coefficient (Wildman–Crippen LogP) is 3.31. The molecule has 1 aromatic heterocycles. The molecule has 0 unspecified atom stereocenters. The third-order valence-corrected chi connectivity index (χ3v) is 4.33. The highest BCUT2D eigenvalue weighted by atomic mass is 19.4. The topological polar surface area (TPSA) is 54.9 Å². The largest absolute Gasteiger partial charge is 0.487 e. The number of halogens is 3. The SMILES string of the molecule is C[C@@H]1CN2c3ncc(C(F)(F)F)cc3OC[C@H]2CN1C(=O)OC(C)(C)C. The highest BCUT2D eigenvalue weighted by molar-refractivity contribution is 5.69. The van der Waals surface area contributed by atoms with Crippen LogP contribution in [0.15, 0.2) is 12.3 Å². The van der Waals surface area contributed by atoms with Gasteiger partial charge < -0.3 is 19.3 Å². The summed E-state index contributed by atoms with van der Waals surface area (Å²) in [5.74, 6) is 0.499. The number of amides is 1. The van der Waals surface area contributed by atoms with Crippen LogP contribution in [0.3, 0.4) is 0 Å². The van der Waals surface area contributed by atoms with Gasteiger partial charge in [-0.05, 0) is 33.8 Å². The number of hydrogen-bond acceptors (Lipinski definition) is 5. The molecule has 3 rings (SSSR count). The maximum absolute atomic E-state index is 12.9. The van der Waals surface area contributed by atoms with Gasteiger partial charge in [-0.2, -0.15) is 13.2 Å². The molecule has 0 bridgehead atoms. The molecule has 1 saturated heterocycles. The van der Waals surface area contributed by atoms with Crippen LogP contribution >= 0.6 is 0 Å². The molecule has 0 radical (unpaired) electrons. The number of nitrogens with zero attached hydrogens (tertiary/aromatic N) is 3. The number of hydrogen-bond donors (Lipinski definition) is 0. The van der Waals surface area contributed by atoms with Gasteiger partial charge in [0.15, 0.2) is 11.6 Å². The fourth-order valence-corrected chi connectivity index (χ4v) is 3.12. The molecule has 3 heterocycles. The third-order valence-electron chi connectivity index (χ3n) is 4.33. The second kappa shape index (κ2) is 6.21. The number of piperazine rings is 1. The molecule has 2 aliphatic rings. The van der Waals surface area contributed by atoms with Crippen LogP contribution in [0, 0.1) is 0 Å². The van der Waals surface area contributed by atoms with E-state index >= 15 is 0 Å². The summed E-state index contributed by atoms with van der Waals surface area (Å²) >= 11 is 0. The van der Waals surface area contributed by atoms with Crippen LogP contribution < -0.4 is 9.64 Å². The number of carbonyl (C=O) groups is 1. The number of fused-ring (bicyclic) bond motifs is 3. The van der Waals surface area contributed by atoms with E-state index in [1.807, 2.05) is 11.8 Å². The summed E-state index contributed by atoms with van der Waals surface area (Å²) in [6.45, 7) is 8.26. The lowest BCUT2D eigenvalue weighted by Gasteiger charge is -2.47. The van der Waals surface area contributed by atoms with E-state index in [1.54, 1.807) is 25.7 Å². The van der Waals surface area contributed by atoms with Crippen LogP contribution in [-0.2, 0) is 10.9 Å². The number of carbonyl (C=O) groups excluding carboxylic acids is 1. The Morgan fingerprint density at radius 2 is 2.00 bits per heavy atom. The van der Waals surface area contributed by atoms with Crippen molar-refractivity contribution < 1.29 is 27.4 Å². The van der Waals surface area contributed by atoms with Crippen LogP contribution in [-0.4, -0.2) is 53.4 Å². The zero-order valence-electron chi connectivity index (χ0n) is 15.1. The molecule has 0 aromatic carbocycles. The van der Waals surface area contributed by atoms with E-state index < -0.39 is 23.4 Å². The van der Waals surface area contributed by atoms with E-state index in [2.05, 4.69) is 4.98 Å². The van der Waals surface area contributed by atoms with E-state index in [0.29, 0.717) is 18.9 Å². The Morgan fingerprint density at radius 3 is 2.62 bits per heavy atom. The monoisotopic (exact) mass is 373 g/mol. The zero-order chi connectivity index (χ0) is 19.3. The lowest BCUT2D eigenvalue weighted by atomic mass is 10.1. The lowest BCUT2D eigenvalue weighted by molar-refractivity contribution is -0.138. The molecule has 26 heavy (non-hydrogen) atoms. The molecule has 0 saturated carbocycles. The van der Waals surface area contributed by atoms with E-state index in [9.17, 15) is 18.0 Å². The highest BCUT2D eigenvalue weighted by Gasteiger charge is 2.41. The van der Waals surface area contributed by atoms with Gasteiger partial charge in [-0.1, -0.05) is 0 Å². The Balaban J connectivity index is 1.80. The van der Waals surface area contributed by atoms with Crippen molar-refractivity contribution in [1.82, 2.24) is 9.88 Å². The van der Waals surface area contributed by atoms with Crippen molar-refractivity contribution in [3.05, 3.63) is 17.8 Å². The summed E-state index contributed by atoms with van der Waals surface area (Å²) in [5.41, 5.74) is -1.44. The number of pyridine rings is 1. The lowest BCUT2D eigenvalue weighted by Crippen LogP contribution is -2.62. The van der Waals surface area contributed by atoms with Crippen molar-refractivity contribution in [2.24, 2.45) is 0 Å². The van der Waals surface area contributed by atoms with Crippen LogP contribution in [0.1, 0.15) is 33.3 Å². The number of rotatable bonds is 0.